The van der Waals surface area contributed by atoms with Gasteiger partial charge in [-0.05, 0) is 42.0 Å². The van der Waals surface area contributed by atoms with Crippen molar-refractivity contribution in [1.82, 2.24) is 5.32 Å². The summed E-state index contributed by atoms with van der Waals surface area (Å²) in [5, 5.41) is 7.11. The Kier molecular flexibility index (Phi) is 8.55. The molecule has 1 atom stereocenters. The van der Waals surface area contributed by atoms with Gasteiger partial charge in [0.2, 0.25) is 15.9 Å². The minimum Gasteiger partial charge on any atom is -0.484 e. The molecule has 41 heavy (non-hydrogen) atoms. The third-order valence-corrected chi connectivity index (χ3v) is 8.98. The molecular weight excluding hydrogens is 614 g/mol. The van der Waals surface area contributed by atoms with Crippen LogP contribution in [-0.4, -0.2) is 47.7 Å². The lowest BCUT2D eigenvalue weighted by atomic mass is 10.0. The molecule has 3 aromatic carbocycles. The molecule has 0 saturated heterocycles. The molecule has 3 aromatic rings. The van der Waals surface area contributed by atoms with Crippen molar-refractivity contribution >= 4 is 43.2 Å². The lowest BCUT2D eigenvalue weighted by Gasteiger charge is -2.36. The third kappa shape index (κ3) is 7.09. The van der Waals surface area contributed by atoms with Gasteiger partial charge in [-0.3, -0.25) is 9.10 Å². The zero-order chi connectivity index (χ0) is 30.2. The number of nitrogens with two attached hydrogens (primary N) is 1. The van der Waals surface area contributed by atoms with Crippen molar-refractivity contribution in [3.8, 4) is 16.9 Å². The monoisotopic (exact) mass is 635 g/mol. The minimum absolute atomic E-state index is 0.00635. The normalized spacial score (nSPS) is 15.7. The lowest BCUT2D eigenvalue weighted by molar-refractivity contribution is -0.137. The summed E-state index contributed by atoms with van der Waals surface area (Å²) in [7, 11) is -8.54. The van der Waals surface area contributed by atoms with Crippen molar-refractivity contribution in [2.24, 2.45) is 5.14 Å². The van der Waals surface area contributed by atoms with Gasteiger partial charge in [0, 0.05) is 12.0 Å². The van der Waals surface area contributed by atoms with Crippen molar-refractivity contribution in [2.75, 3.05) is 23.1 Å². The van der Waals surface area contributed by atoms with Gasteiger partial charge in [-0.15, -0.1) is 0 Å². The second-order valence-corrected chi connectivity index (χ2v) is 13.0. The Bertz CT molecular complexity index is 1700. The Labute approximate surface area is 238 Å². The standard InChI is InChI=1S/C25H22ClF4N3O6S2/c26-24-19(5-2-6-20(24)27)15-7-8-22-21(11-15)33(14-17(39-22)13-32-23(34)9-10-40(31,35)36)41(37,38)18-4-1-3-16(12-18)25(28,29)30/h1-8,11-12,17H,9-10,13-14H2,(H,32,34)(H2,31,35,36). The van der Waals surface area contributed by atoms with Gasteiger partial charge in [0.05, 0.1) is 40.0 Å². The van der Waals surface area contributed by atoms with Crippen LogP contribution in [0.1, 0.15) is 12.0 Å². The summed E-state index contributed by atoms with van der Waals surface area (Å²) < 4.78 is 111. The van der Waals surface area contributed by atoms with Gasteiger partial charge in [0.25, 0.3) is 10.0 Å². The number of nitrogens with one attached hydrogen (secondary N) is 1. The number of halogens is 5. The molecular formula is C25H22ClF4N3O6S2. The van der Waals surface area contributed by atoms with Gasteiger partial charge >= 0.3 is 6.18 Å². The summed E-state index contributed by atoms with van der Waals surface area (Å²) in [5.41, 5.74) is -0.700. The van der Waals surface area contributed by atoms with Crippen LogP contribution in [0.15, 0.2) is 65.6 Å². The zero-order valence-electron chi connectivity index (χ0n) is 20.9. The van der Waals surface area contributed by atoms with Crippen molar-refractivity contribution < 1.29 is 43.9 Å². The van der Waals surface area contributed by atoms with Crippen molar-refractivity contribution in [2.45, 2.75) is 23.6 Å². The highest BCUT2D eigenvalue weighted by molar-refractivity contribution is 7.92. The number of hydrogen-bond acceptors (Lipinski definition) is 6. The maximum atomic E-state index is 14.1. The number of benzene rings is 3. The molecule has 1 aliphatic heterocycles. The van der Waals surface area contributed by atoms with Crippen LogP contribution in [-0.2, 0) is 31.0 Å². The van der Waals surface area contributed by atoms with Crippen LogP contribution >= 0.6 is 11.6 Å². The molecule has 0 saturated carbocycles. The first-order chi connectivity index (χ1) is 19.1. The smallest absolute Gasteiger partial charge is 0.416 e. The van der Waals surface area contributed by atoms with E-state index in [0.29, 0.717) is 11.6 Å². The van der Waals surface area contributed by atoms with Crippen molar-refractivity contribution in [3.05, 3.63) is 77.1 Å². The molecule has 9 nitrogen and oxygen atoms in total. The van der Waals surface area contributed by atoms with Crippen LogP contribution in [0.2, 0.25) is 5.02 Å². The van der Waals surface area contributed by atoms with E-state index < -0.39 is 73.2 Å². The molecule has 220 valence electrons. The van der Waals surface area contributed by atoms with E-state index in [9.17, 15) is 39.2 Å². The fourth-order valence-corrected chi connectivity index (χ4v) is 6.30. The predicted molar refractivity (Wildman–Crippen MR) is 143 cm³/mol. The molecule has 4 rings (SSSR count). The fourth-order valence-electron chi connectivity index (χ4n) is 4.05. The lowest BCUT2D eigenvalue weighted by Crippen LogP contribution is -2.48. The summed E-state index contributed by atoms with van der Waals surface area (Å²) in [6, 6.07) is 11.5. The molecule has 1 heterocycles. The molecule has 1 aliphatic rings. The molecule has 0 fully saturated rings. The molecule has 0 spiro atoms. The maximum absolute atomic E-state index is 14.1. The van der Waals surface area contributed by atoms with E-state index >= 15 is 0 Å². The Morgan fingerprint density at radius 2 is 1.78 bits per heavy atom. The number of anilines is 1. The first kappa shape index (κ1) is 30.6. The molecule has 0 bridgehead atoms. The average molecular weight is 636 g/mol. The van der Waals surface area contributed by atoms with E-state index in [2.05, 4.69) is 5.32 Å². The van der Waals surface area contributed by atoms with Gasteiger partial charge in [-0.2, -0.15) is 13.2 Å². The van der Waals surface area contributed by atoms with E-state index in [0.717, 1.165) is 28.6 Å². The Morgan fingerprint density at radius 3 is 2.46 bits per heavy atom. The van der Waals surface area contributed by atoms with E-state index in [1.54, 1.807) is 0 Å². The molecule has 0 radical (unpaired) electrons. The summed E-state index contributed by atoms with van der Waals surface area (Å²) in [4.78, 5) is 11.5. The highest BCUT2D eigenvalue weighted by Gasteiger charge is 2.37. The highest BCUT2D eigenvalue weighted by Crippen LogP contribution is 2.42. The summed E-state index contributed by atoms with van der Waals surface area (Å²) in [5.74, 6) is -2.03. The van der Waals surface area contributed by atoms with Crippen LogP contribution in [0.4, 0.5) is 23.2 Å². The zero-order valence-corrected chi connectivity index (χ0v) is 23.2. The summed E-state index contributed by atoms with van der Waals surface area (Å²) >= 11 is 6.11. The highest BCUT2D eigenvalue weighted by atomic mass is 35.5. The first-order valence-electron chi connectivity index (χ1n) is 11.8. The SMILES string of the molecule is NS(=O)(=O)CCC(=O)NCC1CN(S(=O)(=O)c2cccc(C(F)(F)F)c2)c2cc(-c3cccc(F)c3Cl)ccc2O1. The van der Waals surface area contributed by atoms with E-state index in [1.165, 1.54) is 30.3 Å². The summed E-state index contributed by atoms with van der Waals surface area (Å²) in [6.07, 6.45) is -6.28. The van der Waals surface area contributed by atoms with Gasteiger partial charge in [-0.25, -0.2) is 26.4 Å². The molecule has 0 aliphatic carbocycles. The molecule has 0 aromatic heterocycles. The largest absolute Gasteiger partial charge is 0.484 e. The average Bonchev–Trinajstić information content (AvgIpc) is 2.90. The number of alkyl halides is 3. The van der Waals surface area contributed by atoms with E-state index in [-0.39, 0.29) is 28.6 Å². The number of rotatable bonds is 8. The Morgan fingerprint density at radius 1 is 1.07 bits per heavy atom. The number of nitrogens with zero attached hydrogens (tertiary/aromatic N) is 1. The summed E-state index contributed by atoms with van der Waals surface area (Å²) in [6.45, 7) is -0.712. The Balaban J connectivity index is 1.73. The van der Waals surface area contributed by atoms with Gasteiger partial charge in [0.15, 0.2) is 0 Å². The topological polar surface area (TPSA) is 136 Å². The van der Waals surface area contributed by atoms with Gasteiger partial charge in [-0.1, -0.05) is 35.9 Å². The second kappa shape index (κ2) is 11.5. The number of carbonyl (C=O) groups is 1. The number of hydrogen-bond donors (Lipinski definition) is 2. The van der Waals surface area contributed by atoms with E-state index in [1.807, 2.05) is 0 Å². The van der Waals surface area contributed by atoms with Crippen LogP contribution in [0.3, 0.4) is 0 Å². The number of amides is 1. The molecule has 1 unspecified atom stereocenters. The number of carbonyl (C=O) groups excluding carboxylic acids is 1. The quantitative estimate of drug-likeness (QED) is 0.360. The van der Waals surface area contributed by atoms with Crippen molar-refractivity contribution in [3.63, 3.8) is 0 Å². The number of fused-ring (bicyclic) bond motifs is 1. The minimum atomic E-state index is -4.81. The molecule has 1 amide bonds. The second-order valence-electron chi connectivity index (χ2n) is 9.01. The number of ether oxygens (including phenoxy) is 1. The predicted octanol–water partition coefficient (Wildman–Crippen LogP) is 3.92. The molecule has 3 N–H and O–H groups in total. The van der Waals surface area contributed by atoms with Gasteiger partial charge < -0.3 is 10.1 Å². The van der Waals surface area contributed by atoms with E-state index in [4.69, 9.17) is 21.5 Å². The Hall–Kier alpha value is -3.40. The fraction of sp³-hybridized carbons (Fsp3) is 0.240. The third-order valence-electron chi connectivity index (χ3n) is 6.04. The van der Waals surface area contributed by atoms with Crippen LogP contribution < -0.4 is 19.5 Å². The number of sulfonamides is 2. The maximum Gasteiger partial charge on any atom is 0.416 e. The van der Waals surface area contributed by atoms with Crippen LogP contribution in [0.5, 0.6) is 5.75 Å². The number of primary sulfonamides is 1. The van der Waals surface area contributed by atoms with Crippen LogP contribution in [0, 0.1) is 5.82 Å². The van der Waals surface area contributed by atoms with Gasteiger partial charge in [0.1, 0.15) is 17.7 Å². The first-order valence-corrected chi connectivity index (χ1v) is 15.3. The van der Waals surface area contributed by atoms with Crippen LogP contribution in [0.25, 0.3) is 11.1 Å². The van der Waals surface area contributed by atoms with Crippen molar-refractivity contribution in [1.29, 1.82) is 0 Å². The molecule has 16 heteroatoms.